The number of esters is 1. The van der Waals surface area contributed by atoms with Crippen molar-refractivity contribution < 1.29 is 14.3 Å². The first kappa shape index (κ1) is 13.7. The monoisotopic (exact) mass is 254 g/mol. The number of Topliss-reactive ketones (excluding diaryl/α,β-unsaturated/α-hetero) is 1. The first-order valence-corrected chi connectivity index (χ1v) is 5.79. The highest BCUT2D eigenvalue weighted by molar-refractivity contribution is 6.45. The van der Waals surface area contributed by atoms with E-state index < -0.39 is 10.8 Å². The maximum absolute atomic E-state index is 11.7. The third-order valence-electron chi connectivity index (χ3n) is 2.44. The Morgan fingerprint density at radius 2 is 1.88 bits per heavy atom. The molecule has 1 atom stereocenters. The van der Waals surface area contributed by atoms with Crippen molar-refractivity contribution in [2.75, 3.05) is 0 Å². The fourth-order valence-electron chi connectivity index (χ4n) is 1.30. The molecule has 0 radical (unpaired) electrons. The van der Waals surface area contributed by atoms with Gasteiger partial charge in [0.25, 0.3) is 0 Å². The van der Waals surface area contributed by atoms with Crippen molar-refractivity contribution in [3.8, 4) is 0 Å². The minimum absolute atomic E-state index is 0.124. The van der Waals surface area contributed by atoms with E-state index in [1.54, 1.807) is 6.92 Å². The highest BCUT2D eigenvalue weighted by Gasteiger charge is 2.39. The van der Waals surface area contributed by atoms with E-state index >= 15 is 0 Å². The van der Waals surface area contributed by atoms with Gasteiger partial charge in [-0.3, -0.25) is 4.79 Å². The summed E-state index contributed by atoms with van der Waals surface area (Å²) >= 11 is 5.88. The number of ketones is 1. The molecule has 0 bridgehead atoms. The molecule has 4 heteroatoms. The van der Waals surface area contributed by atoms with Gasteiger partial charge in [-0.15, -0.1) is 0 Å². The Hall–Kier alpha value is -1.35. The summed E-state index contributed by atoms with van der Waals surface area (Å²) in [6, 6.07) is 9.24. The van der Waals surface area contributed by atoms with Crippen molar-refractivity contribution >= 4 is 23.4 Å². The summed E-state index contributed by atoms with van der Waals surface area (Å²) < 4.78 is 5.02. The van der Waals surface area contributed by atoms with Crippen molar-refractivity contribution in [2.24, 2.45) is 0 Å². The predicted octanol–water partition coefficient (Wildman–Crippen LogP) is 2.71. The molecule has 1 rings (SSSR count). The zero-order valence-corrected chi connectivity index (χ0v) is 10.7. The first-order valence-electron chi connectivity index (χ1n) is 5.41. The van der Waals surface area contributed by atoms with Crippen LogP contribution in [-0.4, -0.2) is 16.6 Å². The molecule has 0 saturated heterocycles. The molecular formula is C13H15ClO3. The summed E-state index contributed by atoms with van der Waals surface area (Å²) in [5.74, 6) is -1.04. The molecule has 0 aliphatic rings. The molecule has 0 amide bonds. The van der Waals surface area contributed by atoms with Gasteiger partial charge in [-0.1, -0.05) is 48.9 Å². The van der Waals surface area contributed by atoms with Gasteiger partial charge in [0.2, 0.25) is 0 Å². The quantitative estimate of drug-likeness (QED) is 0.461. The number of hydrogen-bond donors (Lipinski definition) is 0. The predicted molar refractivity (Wildman–Crippen MR) is 65.8 cm³/mol. The smallest absolute Gasteiger partial charge is 0.334 e. The van der Waals surface area contributed by atoms with Crippen LogP contribution >= 0.6 is 11.6 Å². The minimum Gasteiger partial charge on any atom is -0.459 e. The van der Waals surface area contributed by atoms with Crippen molar-refractivity contribution in [3.05, 3.63) is 35.9 Å². The molecule has 0 fully saturated rings. The van der Waals surface area contributed by atoms with Gasteiger partial charge in [-0.25, -0.2) is 4.79 Å². The molecule has 0 heterocycles. The van der Waals surface area contributed by atoms with Gasteiger partial charge >= 0.3 is 5.97 Å². The first-order chi connectivity index (χ1) is 7.98. The second-order valence-corrected chi connectivity index (χ2v) is 4.60. The van der Waals surface area contributed by atoms with E-state index in [9.17, 15) is 9.59 Å². The third kappa shape index (κ3) is 3.56. The van der Waals surface area contributed by atoms with E-state index in [-0.39, 0.29) is 18.8 Å². The van der Waals surface area contributed by atoms with Crippen LogP contribution in [0.25, 0.3) is 0 Å². The van der Waals surface area contributed by atoms with Crippen LogP contribution in [0.3, 0.4) is 0 Å². The van der Waals surface area contributed by atoms with Gasteiger partial charge in [0.15, 0.2) is 10.7 Å². The summed E-state index contributed by atoms with van der Waals surface area (Å²) in [6.45, 7) is 3.15. The molecule has 17 heavy (non-hydrogen) atoms. The van der Waals surface area contributed by atoms with Gasteiger partial charge in [-0.05, 0) is 12.5 Å². The van der Waals surface area contributed by atoms with Crippen LogP contribution in [0.1, 0.15) is 25.8 Å². The highest BCUT2D eigenvalue weighted by atomic mass is 35.5. The number of halogens is 1. The topological polar surface area (TPSA) is 43.4 Å². The van der Waals surface area contributed by atoms with E-state index in [0.29, 0.717) is 0 Å². The molecule has 0 N–H and O–H groups in total. The van der Waals surface area contributed by atoms with Crippen molar-refractivity contribution in [1.29, 1.82) is 0 Å². The Balaban J connectivity index is 2.58. The molecule has 0 spiro atoms. The molecule has 92 valence electrons. The summed E-state index contributed by atoms with van der Waals surface area (Å²) in [6.07, 6.45) is 0.209. The molecule has 0 aliphatic heterocycles. The third-order valence-corrected chi connectivity index (χ3v) is 2.81. The molecule has 0 aromatic heterocycles. The molecule has 0 saturated carbocycles. The van der Waals surface area contributed by atoms with E-state index in [2.05, 4.69) is 0 Å². The van der Waals surface area contributed by atoms with Crippen molar-refractivity contribution in [3.63, 3.8) is 0 Å². The van der Waals surface area contributed by atoms with Crippen LogP contribution in [-0.2, 0) is 20.9 Å². The molecule has 1 aromatic carbocycles. The molecule has 0 aliphatic carbocycles. The second kappa shape index (κ2) is 5.82. The Kier molecular flexibility index (Phi) is 4.70. The fraction of sp³-hybridized carbons (Fsp3) is 0.385. The lowest BCUT2D eigenvalue weighted by Crippen LogP contribution is -2.39. The molecular weight excluding hydrogens is 240 g/mol. The van der Waals surface area contributed by atoms with Crippen molar-refractivity contribution in [2.45, 2.75) is 31.7 Å². The lowest BCUT2D eigenvalue weighted by molar-refractivity contribution is -0.150. The fourth-order valence-corrected chi connectivity index (χ4v) is 1.49. The Morgan fingerprint density at radius 3 is 2.41 bits per heavy atom. The largest absolute Gasteiger partial charge is 0.459 e. The zero-order chi connectivity index (χ0) is 12.9. The highest BCUT2D eigenvalue weighted by Crippen LogP contribution is 2.20. The van der Waals surface area contributed by atoms with Gasteiger partial charge in [0.1, 0.15) is 6.61 Å². The van der Waals surface area contributed by atoms with Crippen LogP contribution in [0, 0.1) is 0 Å². The van der Waals surface area contributed by atoms with Crippen LogP contribution in [0.2, 0.25) is 0 Å². The second-order valence-electron chi connectivity index (χ2n) is 3.84. The Bertz CT molecular complexity index is 398. The lowest BCUT2D eigenvalue weighted by atomic mass is 10.0. The SMILES string of the molecule is CCC(=O)C(C)(Cl)C(=O)OCc1ccccc1. The normalized spacial score (nSPS) is 13.8. The Morgan fingerprint density at radius 1 is 1.29 bits per heavy atom. The van der Waals surface area contributed by atoms with E-state index in [1.165, 1.54) is 6.92 Å². The van der Waals surface area contributed by atoms with E-state index in [1.807, 2.05) is 30.3 Å². The summed E-state index contributed by atoms with van der Waals surface area (Å²) in [7, 11) is 0. The molecule has 3 nitrogen and oxygen atoms in total. The van der Waals surface area contributed by atoms with Crippen LogP contribution in [0.5, 0.6) is 0 Å². The average molecular weight is 255 g/mol. The lowest BCUT2D eigenvalue weighted by Gasteiger charge is -2.18. The number of carbonyl (C=O) groups excluding carboxylic acids is 2. The minimum atomic E-state index is -1.58. The zero-order valence-electron chi connectivity index (χ0n) is 9.90. The van der Waals surface area contributed by atoms with Crippen molar-refractivity contribution in [1.82, 2.24) is 0 Å². The van der Waals surface area contributed by atoms with E-state index in [4.69, 9.17) is 16.3 Å². The van der Waals surface area contributed by atoms with Crippen LogP contribution in [0.4, 0.5) is 0 Å². The molecule has 1 unspecified atom stereocenters. The number of benzene rings is 1. The summed E-state index contributed by atoms with van der Waals surface area (Å²) in [5, 5.41) is 0. The van der Waals surface area contributed by atoms with Crippen LogP contribution < -0.4 is 0 Å². The van der Waals surface area contributed by atoms with E-state index in [0.717, 1.165) is 5.56 Å². The number of carbonyl (C=O) groups is 2. The Labute approximate surface area is 106 Å². The summed E-state index contributed by atoms with van der Waals surface area (Å²) in [4.78, 5) is 21.5. The van der Waals surface area contributed by atoms with Gasteiger partial charge in [0, 0.05) is 6.42 Å². The number of hydrogen-bond acceptors (Lipinski definition) is 3. The average Bonchev–Trinajstić information content (AvgIpc) is 2.35. The maximum atomic E-state index is 11.7. The van der Waals surface area contributed by atoms with Gasteiger partial charge in [0.05, 0.1) is 0 Å². The molecule has 1 aromatic rings. The number of ether oxygens (including phenoxy) is 1. The van der Waals surface area contributed by atoms with Gasteiger partial charge in [-0.2, -0.15) is 0 Å². The summed E-state index contributed by atoms with van der Waals surface area (Å²) in [5.41, 5.74) is 0.859. The van der Waals surface area contributed by atoms with Crippen LogP contribution in [0.15, 0.2) is 30.3 Å². The maximum Gasteiger partial charge on any atom is 0.334 e. The van der Waals surface area contributed by atoms with Gasteiger partial charge < -0.3 is 4.74 Å². The standard InChI is InChI=1S/C13H15ClO3/c1-3-11(15)13(2,14)12(16)17-9-10-7-5-4-6-8-10/h4-8H,3,9H2,1-2H3. The number of rotatable bonds is 5. The number of alkyl halides is 1.